The highest BCUT2D eigenvalue weighted by Crippen LogP contribution is 2.27. The molecule has 0 atom stereocenters. The molecule has 0 N–H and O–H groups in total. The van der Waals surface area contributed by atoms with Crippen molar-refractivity contribution in [2.24, 2.45) is 0 Å². The molecular weight excluding hydrogens is 296 g/mol. The molecule has 0 aromatic heterocycles. The van der Waals surface area contributed by atoms with Gasteiger partial charge < -0.3 is 4.18 Å². The number of hydrogen-bond acceptors (Lipinski definition) is 3. The SMILES string of the molecule is Cc1ccc(S(=O)(=O)Oc2cccc(C3C=CC=C3)c2)cc1. The average Bonchev–Trinajstić information content (AvgIpc) is 3.02. The third-order valence-corrected chi connectivity index (χ3v) is 4.77. The van der Waals surface area contributed by atoms with Crippen LogP contribution < -0.4 is 4.18 Å². The predicted octanol–water partition coefficient (Wildman–Crippen LogP) is 3.97. The molecule has 0 aliphatic heterocycles. The van der Waals surface area contributed by atoms with Crippen LogP contribution in [0.3, 0.4) is 0 Å². The molecule has 0 bridgehead atoms. The summed E-state index contributed by atoms with van der Waals surface area (Å²) in [5.41, 5.74) is 2.00. The van der Waals surface area contributed by atoms with Gasteiger partial charge in [0.05, 0.1) is 0 Å². The van der Waals surface area contributed by atoms with Crippen molar-refractivity contribution in [3.05, 3.63) is 84.0 Å². The highest BCUT2D eigenvalue weighted by atomic mass is 32.2. The first-order valence-electron chi connectivity index (χ1n) is 7.01. The summed E-state index contributed by atoms with van der Waals surface area (Å²) in [6.45, 7) is 1.91. The van der Waals surface area contributed by atoms with E-state index in [1.54, 1.807) is 42.5 Å². The summed E-state index contributed by atoms with van der Waals surface area (Å²) in [4.78, 5) is 0.157. The minimum atomic E-state index is -3.81. The molecule has 0 spiro atoms. The molecule has 3 rings (SSSR count). The molecule has 3 nitrogen and oxygen atoms in total. The first-order valence-corrected chi connectivity index (χ1v) is 8.41. The van der Waals surface area contributed by atoms with E-state index >= 15 is 0 Å². The maximum atomic E-state index is 12.3. The van der Waals surface area contributed by atoms with Gasteiger partial charge in [-0.05, 0) is 36.8 Å². The standard InChI is InChI=1S/C18H16O3S/c1-14-9-11-18(12-10-14)22(19,20)21-17-8-4-7-16(13-17)15-5-2-3-6-15/h2-13,15H,1H3. The second-order valence-electron chi connectivity index (χ2n) is 5.22. The minimum Gasteiger partial charge on any atom is -0.379 e. The van der Waals surface area contributed by atoms with Crippen LogP contribution in [0.4, 0.5) is 0 Å². The summed E-state index contributed by atoms with van der Waals surface area (Å²) in [5, 5.41) is 0. The Balaban J connectivity index is 1.86. The predicted molar refractivity (Wildman–Crippen MR) is 86.5 cm³/mol. The zero-order valence-corrected chi connectivity index (χ0v) is 13.0. The normalized spacial score (nSPS) is 14.4. The van der Waals surface area contributed by atoms with E-state index in [9.17, 15) is 8.42 Å². The Hall–Kier alpha value is -2.33. The lowest BCUT2D eigenvalue weighted by atomic mass is 10.0. The summed E-state index contributed by atoms with van der Waals surface area (Å²) in [5.74, 6) is 0.498. The molecule has 22 heavy (non-hydrogen) atoms. The van der Waals surface area contributed by atoms with Gasteiger partial charge in [0.2, 0.25) is 0 Å². The fraction of sp³-hybridized carbons (Fsp3) is 0.111. The Bertz CT molecular complexity index is 819. The van der Waals surface area contributed by atoms with Gasteiger partial charge in [-0.2, -0.15) is 8.42 Å². The van der Waals surface area contributed by atoms with Crippen molar-refractivity contribution < 1.29 is 12.6 Å². The van der Waals surface area contributed by atoms with E-state index in [2.05, 4.69) is 0 Å². The number of allylic oxidation sites excluding steroid dienone is 4. The minimum absolute atomic E-state index is 0.157. The quantitative estimate of drug-likeness (QED) is 0.802. The second-order valence-corrected chi connectivity index (χ2v) is 6.76. The molecule has 4 heteroatoms. The van der Waals surface area contributed by atoms with Gasteiger partial charge in [0.15, 0.2) is 0 Å². The van der Waals surface area contributed by atoms with Gasteiger partial charge in [-0.3, -0.25) is 0 Å². The zero-order chi connectivity index (χ0) is 15.6. The molecule has 0 unspecified atom stereocenters. The van der Waals surface area contributed by atoms with Crippen LogP contribution in [0.15, 0.2) is 77.7 Å². The summed E-state index contributed by atoms with van der Waals surface area (Å²) >= 11 is 0. The van der Waals surface area contributed by atoms with Gasteiger partial charge in [0.1, 0.15) is 10.6 Å². The van der Waals surface area contributed by atoms with E-state index < -0.39 is 10.1 Å². The van der Waals surface area contributed by atoms with Crippen molar-refractivity contribution in [1.82, 2.24) is 0 Å². The molecule has 112 valence electrons. The number of hydrogen-bond donors (Lipinski definition) is 0. The maximum Gasteiger partial charge on any atom is 0.339 e. The highest BCUT2D eigenvalue weighted by Gasteiger charge is 2.17. The van der Waals surface area contributed by atoms with Crippen LogP contribution in [0.1, 0.15) is 17.0 Å². The first kappa shape index (κ1) is 14.6. The first-order chi connectivity index (χ1) is 10.5. The van der Waals surface area contributed by atoms with E-state index in [4.69, 9.17) is 4.18 Å². The lowest BCUT2D eigenvalue weighted by Crippen LogP contribution is -2.09. The Labute approximate surface area is 130 Å². The van der Waals surface area contributed by atoms with Crippen LogP contribution in [0.5, 0.6) is 5.75 Å². The van der Waals surface area contributed by atoms with Crippen LogP contribution >= 0.6 is 0 Å². The van der Waals surface area contributed by atoms with Crippen LogP contribution in [0.25, 0.3) is 0 Å². The van der Waals surface area contributed by atoms with Gasteiger partial charge in [-0.1, -0.05) is 54.1 Å². The summed E-state index contributed by atoms with van der Waals surface area (Å²) in [7, 11) is -3.81. The molecular formula is C18H16O3S. The van der Waals surface area contributed by atoms with Crippen molar-refractivity contribution in [2.45, 2.75) is 17.7 Å². The molecule has 2 aromatic rings. The fourth-order valence-corrected chi connectivity index (χ4v) is 3.23. The van der Waals surface area contributed by atoms with Crippen molar-refractivity contribution in [3.63, 3.8) is 0 Å². The zero-order valence-electron chi connectivity index (χ0n) is 12.1. The Kier molecular flexibility index (Phi) is 3.86. The lowest BCUT2D eigenvalue weighted by molar-refractivity contribution is 0.485. The van der Waals surface area contributed by atoms with E-state index in [1.165, 1.54) is 0 Å². The van der Waals surface area contributed by atoms with E-state index in [-0.39, 0.29) is 10.8 Å². The smallest absolute Gasteiger partial charge is 0.339 e. The fourth-order valence-electron chi connectivity index (χ4n) is 2.31. The Morgan fingerprint density at radius 2 is 1.64 bits per heavy atom. The van der Waals surface area contributed by atoms with Gasteiger partial charge >= 0.3 is 10.1 Å². The second kappa shape index (κ2) is 5.81. The molecule has 1 aliphatic rings. The van der Waals surface area contributed by atoms with Gasteiger partial charge in [-0.15, -0.1) is 0 Å². The third-order valence-electron chi connectivity index (χ3n) is 3.51. The number of aryl methyl sites for hydroxylation is 1. The van der Waals surface area contributed by atoms with Crippen LogP contribution in [0, 0.1) is 6.92 Å². The van der Waals surface area contributed by atoms with E-state index in [0.29, 0.717) is 5.75 Å². The van der Waals surface area contributed by atoms with E-state index in [0.717, 1.165) is 11.1 Å². The molecule has 1 aliphatic carbocycles. The van der Waals surface area contributed by atoms with Crippen molar-refractivity contribution in [2.75, 3.05) is 0 Å². The van der Waals surface area contributed by atoms with Gasteiger partial charge in [0, 0.05) is 5.92 Å². The average molecular weight is 312 g/mol. The number of rotatable bonds is 4. The summed E-state index contributed by atoms with van der Waals surface area (Å²) in [6.07, 6.45) is 8.05. The van der Waals surface area contributed by atoms with Crippen LogP contribution in [-0.4, -0.2) is 8.42 Å². The van der Waals surface area contributed by atoms with Crippen molar-refractivity contribution >= 4 is 10.1 Å². The van der Waals surface area contributed by atoms with E-state index in [1.807, 2.05) is 37.3 Å². The molecule has 0 radical (unpaired) electrons. The molecule has 0 heterocycles. The molecule has 2 aromatic carbocycles. The Morgan fingerprint density at radius 3 is 2.32 bits per heavy atom. The molecule has 0 saturated carbocycles. The molecule has 0 amide bonds. The van der Waals surface area contributed by atoms with Crippen molar-refractivity contribution in [3.8, 4) is 5.75 Å². The highest BCUT2D eigenvalue weighted by molar-refractivity contribution is 7.87. The van der Waals surface area contributed by atoms with Gasteiger partial charge in [-0.25, -0.2) is 0 Å². The number of benzene rings is 2. The third kappa shape index (κ3) is 3.12. The summed E-state index contributed by atoms with van der Waals surface area (Å²) in [6, 6.07) is 13.8. The van der Waals surface area contributed by atoms with Crippen LogP contribution in [-0.2, 0) is 10.1 Å². The lowest BCUT2D eigenvalue weighted by Gasteiger charge is -2.10. The van der Waals surface area contributed by atoms with Gasteiger partial charge in [0.25, 0.3) is 0 Å². The van der Waals surface area contributed by atoms with Crippen molar-refractivity contribution in [1.29, 1.82) is 0 Å². The molecule has 0 fully saturated rings. The topological polar surface area (TPSA) is 43.4 Å². The maximum absolute atomic E-state index is 12.3. The monoisotopic (exact) mass is 312 g/mol. The molecule has 0 saturated heterocycles. The Morgan fingerprint density at radius 1 is 0.955 bits per heavy atom. The largest absolute Gasteiger partial charge is 0.379 e. The van der Waals surface area contributed by atoms with Crippen LogP contribution in [0.2, 0.25) is 0 Å². The summed E-state index contributed by atoms with van der Waals surface area (Å²) < 4.78 is 29.8.